The summed E-state index contributed by atoms with van der Waals surface area (Å²) < 4.78 is 1.71. The van der Waals surface area contributed by atoms with Gasteiger partial charge in [0.05, 0.1) is 6.20 Å². The average Bonchev–Trinajstić information content (AvgIpc) is 3.03. The van der Waals surface area contributed by atoms with Crippen molar-refractivity contribution in [1.82, 2.24) is 29.7 Å². The molecule has 1 unspecified atom stereocenters. The van der Waals surface area contributed by atoms with E-state index < -0.39 is 0 Å². The molecule has 2 aromatic heterocycles. The van der Waals surface area contributed by atoms with E-state index in [4.69, 9.17) is 0 Å². The highest BCUT2D eigenvalue weighted by Gasteiger charge is 2.22. The second-order valence-corrected chi connectivity index (χ2v) is 6.82. The standard InChI is InChI=1S/C18H28N6O/c1-4-23(5-2)11-14-9-19-17-16(10-20-24(17)12-14)18(25)21-15-7-6-8-22(3)13-15/h9-10,12,15H,4-8,11,13H2,1-3H3,(H,21,25). The third-order valence-corrected chi connectivity index (χ3v) is 4.91. The van der Waals surface area contributed by atoms with Gasteiger partial charge in [0, 0.05) is 37.1 Å². The van der Waals surface area contributed by atoms with Gasteiger partial charge in [-0.2, -0.15) is 5.10 Å². The first-order chi connectivity index (χ1) is 12.1. The number of fused-ring (bicyclic) bond motifs is 1. The van der Waals surface area contributed by atoms with Gasteiger partial charge in [-0.25, -0.2) is 9.50 Å². The lowest BCUT2D eigenvalue weighted by Gasteiger charge is -2.30. The number of piperidine rings is 1. The Labute approximate surface area is 149 Å². The first-order valence-corrected chi connectivity index (χ1v) is 9.14. The number of nitrogens with one attached hydrogen (secondary N) is 1. The SMILES string of the molecule is CCN(CC)Cc1cnc2c(C(=O)NC3CCCN(C)C3)cnn2c1. The summed E-state index contributed by atoms with van der Waals surface area (Å²) in [6.45, 7) is 9.12. The zero-order valence-corrected chi connectivity index (χ0v) is 15.4. The minimum absolute atomic E-state index is 0.0840. The van der Waals surface area contributed by atoms with Crippen LogP contribution in [-0.4, -0.2) is 69.6 Å². The summed E-state index contributed by atoms with van der Waals surface area (Å²) in [5.74, 6) is -0.0840. The number of rotatable bonds is 6. The molecule has 0 spiro atoms. The minimum Gasteiger partial charge on any atom is -0.348 e. The lowest BCUT2D eigenvalue weighted by molar-refractivity contribution is 0.0914. The Morgan fingerprint density at radius 3 is 2.88 bits per heavy atom. The molecule has 2 aromatic rings. The summed E-state index contributed by atoms with van der Waals surface area (Å²) in [7, 11) is 2.09. The number of carbonyl (C=O) groups excluding carboxylic acids is 1. The number of hydrogen-bond donors (Lipinski definition) is 1. The lowest BCUT2D eigenvalue weighted by Crippen LogP contribution is -2.46. The molecule has 1 aliphatic heterocycles. The van der Waals surface area contributed by atoms with Crippen molar-refractivity contribution in [2.75, 3.05) is 33.2 Å². The van der Waals surface area contributed by atoms with Crippen molar-refractivity contribution in [2.45, 2.75) is 39.3 Å². The van der Waals surface area contributed by atoms with E-state index in [9.17, 15) is 4.79 Å². The molecule has 7 heteroatoms. The van der Waals surface area contributed by atoms with Crippen molar-refractivity contribution in [3.63, 3.8) is 0 Å². The van der Waals surface area contributed by atoms with Crippen molar-refractivity contribution in [3.8, 4) is 0 Å². The Hall–Kier alpha value is -1.99. The molecule has 136 valence electrons. The molecule has 1 amide bonds. The van der Waals surface area contributed by atoms with Gasteiger partial charge in [-0.3, -0.25) is 9.69 Å². The van der Waals surface area contributed by atoms with E-state index >= 15 is 0 Å². The van der Waals surface area contributed by atoms with Gasteiger partial charge in [-0.05, 0) is 39.5 Å². The Kier molecular flexibility index (Phi) is 5.65. The van der Waals surface area contributed by atoms with Crippen LogP contribution in [0.1, 0.15) is 42.6 Å². The third kappa shape index (κ3) is 4.16. The fourth-order valence-electron chi connectivity index (χ4n) is 3.41. The van der Waals surface area contributed by atoms with Gasteiger partial charge in [-0.15, -0.1) is 0 Å². The van der Waals surface area contributed by atoms with Crippen molar-refractivity contribution in [1.29, 1.82) is 0 Å². The number of aromatic nitrogens is 3. The minimum atomic E-state index is -0.0840. The van der Waals surface area contributed by atoms with Crippen LogP contribution in [0.2, 0.25) is 0 Å². The molecule has 0 radical (unpaired) electrons. The van der Waals surface area contributed by atoms with Crippen LogP contribution in [0.3, 0.4) is 0 Å². The zero-order chi connectivity index (χ0) is 17.8. The van der Waals surface area contributed by atoms with Crippen molar-refractivity contribution in [2.24, 2.45) is 0 Å². The van der Waals surface area contributed by atoms with Crippen LogP contribution in [-0.2, 0) is 6.54 Å². The van der Waals surface area contributed by atoms with E-state index in [-0.39, 0.29) is 11.9 Å². The largest absolute Gasteiger partial charge is 0.348 e. The van der Waals surface area contributed by atoms with Crippen LogP contribution in [0.15, 0.2) is 18.6 Å². The normalized spacial score (nSPS) is 18.8. The molecule has 3 rings (SSSR count). The second-order valence-electron chi connectivity index (χ2n) is 6.82. The summed E-state index contributed by atoms with van der Waals surface area (Å²) >= 11 is 0. The molecular formula is C18H28N6O. The smallest absolute Gasteiger partial charge is 0.257 e. The Morgan fingerprint density at radius 2 is 2.16 bits per heavy atom. The van der Waals surface area contributed by atoms with E-state index in [1.54, 1.807) is 10.7 Å². The number of hydrogen-bond acceptors (Lipinski definition) is 5. The highest BCUT2D eigenvalue weighted by atomic mass is 16.1. The molecule has 7 nitrogen and oxygen atoms in total. The molecule has 0 aromatic carbocycles. The van der Waals surface area contributed by atoms with Crippen molar-refractivity contribution in [3.05, 3.63) is 29.7 Å². The van der Waals surface area contributed by atoms with Crippen LogP contribution in [0.25, 0.3) is 5.65 Å². The third-order valence-electron chi connectivity index (χ3n) is 4.91. The molecule has 1 atom stereocenters. The number of likely N-dealkylation sites (N-methyl/N-ethyl adjacent to an activating group) is 1. The molecule has 0 bridgehead atoms. The topological polar surface area (TPSA) is 65.8 Å². The Bertz CT molecular complexity index is 723. The number of amides is 1. The van der Waals surface area contributed by atoms with E-state index in [1.807, 2.05) is 12.4 Å². The van der Waals surface area contributed by atoms with Gasteiger partial charge >= 0.3 is 0 Å². The first kappa shape index (κ1) is 17.8. The molecule has 1 N–H and O–H groups in total. The number of likely N-dealkylation sites (tertiary alicyclic amines) is 1. The Balaban J connectivity index is 1.73. The predicted molar refractivity (Wildman–Crippen MR) is 97.6 cm³/mol. The molecule has 3 heterocycles. The second kappa shape index (κ2) is 7.93. The number of carbonyl (C=O) groups is 1. The first-order valence-electron chi connectivity index (χ1n) is 9.14. The molecule has 25 heavy (non-hydrogen) atoms. The maximum atomic E-state index is 12.6. The van der Waals surface area contributed by atoms with Crippen LogP contribution in [0, 0.1) is 0 Å². The van der Waals surface area contributed by atoms with Crippen LogP contribution >= 0.6 is 0 Å². The fraction of sp³-hybridized carbons (Fsp3) is 0.611. The summed E-state index contributed by atoms with van der Waals surface area (Å²) in [5.41, 5.74) is 2.26. The van der Waals surface area contributed by atoms with Gasteiger partial charge in [-0.1, -0.05) is 13.8 Å². The summed E-state index contributed by atoms with van der Waals surface area (Å²) in [5, 5.41) is 7.46. The maximum absolute atomic E-state index is 12.6. The summed E-state index contributed by atoms with van der Waals surface area (Å²) in [4.78, 5) is 21.7. The highest BCUT2D eigenvalue weighted by molar-refractivity contribution is 5.99. The molecule has 1 aliphatic rings. The Morgan fingerprint density at radius 1 is 1.36 bits per heavy atom. The maximum Gasteiger partial charge on any atom is 0.257 e. The van der Waals surface area contributed by atoms with Crippen LogP contribution < -0.4 is 5.32 Å². The number of nitrogens with zero attached hydrogens (tertiary/aromatic N) is 5. The van der Waals surface area contributed by atoms with E-state index in [2.05, 4.69) is 46.1 Å². The zero-order valence-electron chi connectivity index (χ0n) is 15.4. The predicted octanol–water partition coefficient (Wildman–Crippen LogP) is 1.40. The molecular weight excluding hydrogens is 316 g/mol. The van der Waals surface area contributed by atoms with Crippen molar-refractivity contribution < 1.29 is 4.79 Å². The van der Waals surface area contributed by atoms with Gasteiger partial charge < -0.3 is 10.2 Å². The van der Waals surface area contributed by atoms with Gasteiger partial charge in [0.2, 0.25) is 0 Å². The molecule has 0 aliphatic carbocycles. The van der Waals surface area contributed by atoms with E-state index in [0.29, 0.717) is 11.2 Å². The molecule has 0 saturated carbocycles. The van der Waals surface area contributed by atoms with Gasteiger partial charge in [0.15, 0.2) is 5.65 Å². The monoisotopic (exact) mass is 344 g/mol. The van der Waals surface area contributed by atoms with Crippen molar-refractivity contribution >= 4 is 11.6 Å². The van der Waals surface area contributed by atoms with Crippen LogP contribution in [0.5, 0.6) is 0 Å². The molecule has 1 saturated heterocycles. The highest BCUT2D eigenvalue weighted by Crippen LogP contribution is 2.13. The fourth-order valence-corrected chi connectivity index (χ4v) is 3.41. The van der Waals surface area contributed by atoms with E-state index in [1.165, 1.54) is 0 Å². The summed E-state index contributed by atoms with van der Waals surface area (Å²) in [6.07, 6.45) is 7.57. The average molecular weight is 344 g/mol. The summed E-state index contributed by atoms with van der Waals surface area (Å²) in [6, 6.07) is 0.197. The van der Waals surface area contributed by atoms with E-state index in [0.717, 1.165) is 51.1 Å². The van der Waals surface area contributed by atoms with Gasteiger partial charge in [0.1, 0.15) is 5.56 Å². The lowest BCUT2D eigenvalue weighted by atomic mass is 10.1. The quantitative estimate of drug-likeness (QED) is 0.858. The van der Waals surface area contributed by atoms with Crippen LogP contribution in [0.4, 0.5) is 0 Å². The molecule has 1 fully saturated rings. The van der Waals surface area contributed by atoms with Gasteiger partial charge in [0.25, 0.3) is 5.91 Å².